The minimum absolute atomic E-state index is 0.0363. The van der Waals surface area contributed by atoms with Gasteiger partial charge in [-0.15, -0.1) is 11.8 Å². The first-order valence-electron chi connectivity index (χ1n) is 8.95. The quantitative estimate of drug-likeness (QED) is 0.560. The van der Waals surface area contributed by atoms with Crippen molar-refractivity contribution in [1.82, 2.24) is 4.90 Å². The minimum atomic E-state index is -3.28. The molecule has 0 N–H and O–H groups in total. The predicted molar refractivity (Wildman–Crippen MR) is 113 cm³/mol. The van der Waals surface area contributed by atoms with Crippen LogP contribution in [0.25, 0.3) is 0 Å². The lowest BCUT2D eigenvalue weighted by molar-refractivity contribution is 0.189. The maximum Gasteiger partial charge on any atom is 0.179 e. The number of piperidine rings is 1. The molecule has 1 aliphatic rings. The fourth-order valence-corrected chi connectivity index (χ4v) is 6.30. The molecule has 2 aromatic carbocycles. The maximum atomic E-state index is 12.9. The second kappa shape index (κ2) is 9.40. The minimum Gasteiger partial charge on any atom is -0.299 e. The molecule has 2 aromatic rings. The van der Waals surface area contributed by atoms with E-state index in [1.165, 1.54) is 11.3 Å². The summed E-state index contributed by atoms with van der Waals surface area (Å²) in [6.07, 6.45) is 3.56. The average molecular weight is 454 g/mol. The summed E-state index contributed by atoms with van der Waals surface area (Å²) in [5.74, 6) is 0.967. The highest BCUT2D eigenvalue weighted by atomic mass is 79.9. The van der Waals surface area contributed by atoms with E-state index in [1.54, 1.807) is 36.0 Å². The molecule has 1 fully saturated rings. The van der Waals surface area contributed by atoms with Crippen molar-refractivity contribution in [2.75, 3.05) is 24.6 Å². The molecular weight excluding hydrogens is 430 g/mol. The second-order valence-corrected chi connectivity index (χ2v) is 10.7. The van der Waals surface area contributed by atoms with Crippen molar-refractivity contribution in [1.29, 1.82) is 0 Å². The molecule has 1 heterocycles. The van der Waals surface area contributed by atoms with Crippen LogP contribution in [0.1, 0.15) is 19.3 Å². The Morgan fingerprint density at radius 3 is 2.27 bits per heavy atom. The van der Waals surface area contributed by atoms with E-state index in [1.807, 2.05) is 18.2 Å². The van der Waals surface area contributed by atoms with Gasteiger partial charge in [0.2, 0.25) is 0 Å². The van der Waals surface area contributed by atoms with E-state index in [0.717, 1.165) is 36.2 Å². The lowest BCUT2D eigenvalue weighted by Gasteiger charge is -2.34. The van der Waals surface area contributed by atoms with Gasteiger partial charge >= 0.3 is 0 Å². The van der Waals surface area contributed by atoms with E-state index in [0.29, 0.717) is 4.90 Å². The number of nitrogens with zero attached hydrogens (tertiary/aromatic N) is 1. The Hall–Kier alpha value is -0.820. The van der Waals surface area contributed by atoms with Crippen LogP contribution in [-0.4, -0.2) is 44.0 Å². The zero-order valence-corrected chi connectivity index (χ0v) is 17.9. The van der Waals surface area contributed by atoms with Crippen LogP contribution in [0.2, 0.25) is 0 Å². The van der Waals surface area contributed by atoms with Crippen molar-refractivity contribution >= 4 is 37.5 Å². The van der Waals surface area contributed by atoms with Crippen LogP contribution in [0.4, 0.5) is 0 Å². The van der Waals surface area contributed by atoms with E-state index in [-0.39, 0.29) is 11.8 Å². The highest BCUT2D eigenvalue weighted by Crippen LogP contribution is 2.25. The van der Waals surface area contributed by atoms with E-state index < -0.39 is 9.84 Å². The first kappa shape index (κ1) is 19.9. The smallest absolute Gasteiger partial charge is 0.179 e. The molecule has 140 valence electrons. The lowest BCUT2D eigenvalue weighted by atomic mass is 10.1. The van der Waals surface area contributed by atoms with Gasteiger partial charge in [-0.25, -0.2) is 8.42 Å². The third kappa shape index (κ3) is 5.59. The van der Waals surface area contributed by atoms with Gasteiger partial charge in [-0.2, -0.15) is 0 Å². The standard InChI is InChI=1S/C20H24BrNO2S2/c21-17-9-11-19(12-10-17)25-15-18(22-13-5-2-6-14-22)16-26(23,24)20-7-3-1-4-8-20/h1,3-4,7-12,18H,2,5-6,13-16H2. The Balaban J connectivity index is 1.73. The Kier molecular flexibility index (Phi) is 7.20. The maximum absolute atomic E-state index is 12.9. The summed E-state index contributed by atoms with van der Waals surface area (Å²) < 4.78 is 26.9. The van der Waals surface area contributed by atoms with Crippen LogP contribution in [-0.2, 0) is 9.84 Å². The molecule has 0 spiro atoms. The van der Waals surface area contributed by atoms with Gasteiger partial charge in [-0.3, -0.25) is 4.90 Å². The number of thioether (sulfide) groups is 1. The van der Waals surface area contributed by atoms with Crippen molar-refractivity contribution in [2.45, 2.75) is 35.1 Å². The molecule has 3 nitrogen and oxygen atoms in total. The van der Waals surface area contributed by atoms with E-state index in [2.05, 4.69) is 33.0 Å². The molecule has 1 saturated heterocycles. The Morgan fingerprint density at radius 2 is 1.62 bits per heavy atom. The van der Waals surface area contributed by atoms with Crippen molar-refractivity contribution in [3.63, 3.8) is 0 Å². The molecule has 0 amide bonds. The number of halogens is 1. The zero-order valence-electron chi connectivity index (χ0n) is 14.7. The largest absolute Gasteiger partial charge is 0.299 e. The van der Waals surface area contributed by atoms with Crippen molar-refractivity contribution in [2.24, 2.45) is 0 Å². The Bertz CT molecular complexity index is 788. The van der Waals surface area contributed by atoms with Gasteiger partial charge in [0.1, 0.15) is 0 Å². The highest BCUT2D eigenvalue weighted by molar-refractivity contribution is 9.10. The number of hydrogen-bond donors (Lipinski definition) is 0. The summed E-state index contributed by atoms with van der Waals surface area (Å²) in [6, 6.07) is 17.1. The molecular formula is C20H24BrNO2S2. The fraction of sp³-hybridized carbons (Fsp3) is 0.400. The normalized spacial score (nSPS) is 17.1. The molecule has 0 aliphatic carbocycles. The molecule has 1 unspecified atom stereocenters. The van der Waals surface area contributed by atoms with E-state index in [9.17, 15) is 8.42 Å². The van der Waals surface area contributed by atoms with E-state index >= 15 is 0 Å². The number of sulfone groups is 1. The summed E-state index contributed by atoms with van der Waals surface area (Å²) in [4.78, 5) is 3.97. The van der Waals surface area contributed by atoms with Crippen molar-refractivity contribution in [3.05, 3.63) is 59.1 Å². The Labute approximate surface area is 169 Å². The van der Waals surface area contributed by atoms with Gasteiger partial charge in [0.25, 0.3) is 0 Å². The van der Waals surface area contributed by atoms with Crippen molar-refractivity contribution < 1.29 is 8.42 Å². The molecule has 3 rings (SSSR count). The number of likely N-dealkylation sites (tertiary alicyclic amines) is 1. The van der Waals surface area contributed by atoms with Crippen LogP contribution in [0, 0.1) is 0 Å². The molecule has 0 radical (unpaired) electrons. The second-order valence-electron chi connectivity index (χ2n) is 6.61. The monoisotopic (exact) mass is 453 g/mol. The highest BCUT2D eigenvalue weighted by Gasteiger charge is 2.27. The summed E-state index contributed by atoms with van der Waals surface area (Å²) in [7, 11) is -3.28. The predicted octanol–water partition coefficient (Wildman–Crippen LogP) is 4.87. The molecule has 26 heavy (non-hydrogen) atoms. The van der Waals surface area contributed by atoms with Crippen LogP contribution in [0.15, 0.2) is 68.9 Å². The lowest BCUT2D eigenvalue weighted by Crippen LogP contribution is -2.44. The average Bonchev–Trinajstić information content (AvgIpc) is 2.68. The van der Waals surface area contributed by atoms with Gasteiger partial charge in [-0.05, 0) is 62.3 Å². The van der Waals surface area contributed by atoms with Gasteiger partial charge in [0.15, 0.2) is 9.84 Å². The van der Waals surface area contributed by atoms with Gasteiger partial charge in [0, 0.05) is 21.2 Å². The summed E-state index contributed by atoms with van der Waals surface area (Å²) in [5.41, 5.74) is 0. The molecule has 0 bridgehead atoms. The molecule has 0 aromatic heterocycles. The van der Waals surface area contributed by atoms with Gasteiger partial charge in [0.05, 0.1) is 10.6 Å². The number of rotatable bonds is 7. The third-order valence-electron chi connectivity index (χ3n) is 4.68. The first-order chi connectivity index (χ1) is 12.5. The van der Waals surface area contributed by atoms with Crippen LogP contribution >= 0.6 is 27.7 Å². The molecule has 1 atom stereocenters. The van der Waals surface area contributed by atoms with Gasteiger partial charge in [-0.1, -0.05) is 40.5 Å². The Morgan fingerprint density at radius 1 is 0.962 bits per heavy atom. The molecule has 0 saturated carbocycles. The third-order valence-corrected chi connectivity index (χ3v) is 8.18. The first-order valence-corrected chi connectivity index (χ1v) is 12.4. The summed E-state index contributed by atoms with van der Waals surface area (Å²) in [6.45, 7) is 1.99. The van der Waals surface area contributed by atoms with E-state index in [4.69, 9.17) is 0 Å². The summed E-state index contributed by atoms with van der Waals surface area (Å²) in [5, 5.41) is 0. The van der Waals surface area contributed by atoms with Gasteiger partial charge < -0.3 is 0 Å². The van der Waals surface area contributed by atoms with Crippen LogP contribution < -0.4 is 0 Å². The topological polar surface area (TPSA) is 37.4 Å². The van der Waals surface area contributed by atoms with Crippen LogP contribution in [0.3, 0.4) is 0 Å². The van der Waals surface area contributed by atoms with Crippen LogP contribution in [0.5, 0.6) is 0 Å². The zero-order chi connectivity index (χ0) is 18.4. The van der Waals surface area contributed by atoms with Crippen molar-refractivity contribution in [3.8, 4) is 0 Å². The SMILES string of the molecule is O=S(=O)(CC(CSc1ccc(Br)cc1)N1CCCCC1)c1ccccc1. The molecule has 1 aliphatic heterocycles. The number of benzene rings is 2. The fourth-order valence-electron chi connectivity index (χ4n) is 3.24. The molecule has 6 heteroatoms. The number of hydrogen-bond acceptors (Lipinski definition) is 4. The summed E-state index contributed by atoms with van der Waals surface area (Å²) >= 11 is 5.20.